The molecule has 20 heavy (non-hydrogen) atoms. The summed E-state index contributed by atoms with van der Waals surface area (Å²) in [5.74, 6) is -0.919. The molecule has 0 spiro atoms. The quantitative estimate of drug-likeness (QED) is 0.847. The Balaban J connectivity index is 1.97. The zero-order chi connectivity index (χ0) is 14.4. The number of rotatable bonds is 6. The van der Waals surface area contributed by atoms with Crippen LogP contribution in [0.1, 0.15) is 21.5 Å². The molecular formula is C16H17NO3. The van der Waals surface area contributed by atoms with Crippen LogP contribution in [0.2, 0.25) is 0 Å². The van der Waals surface area contributed by atoms with Crippen molar-refractivity contribution in [1.82, 2.24) is 0 Å². The van der Waals surface area contributed by atoms with Crippen molar-refractivity contribution < 1.29 is 14.6 Å². The van der Waals surface area contributed by atoms with E-state index in [0.717, 1.165) is 16.8 Å². The number of anilines is 1. The highest BCUT2D eigenvalue weighted by atomic mass is 16.5. The highest BCUT2D eigenvalue weighted by Crippen LogP contribution is 2.13. The van der Waals surface area contributed by atoms with Gasteiger partial charge in [-0.2, -0.15) is 0 Å². The molecular weight excluding hydrogens is 254 g/mol. The lowest BCUT2D eigenvalue weighted by Crippen LogP contribution is -2.02. The van der Waals surface area contributed by atoms with E-state index < -0.39 is 5.97 Å². The number of aromatic carboxylic acids is 1. The molecule has 0 unspecified atom stereocenters. The van der Waals surface area contributed by atoms with Crippen molar-refractivity contribution >= 4 is 11.7 Å². The molecule has 0 saturated heterocycles. The summed E-state index contributed by atoms with van der Waals surface area (Å²) in [6, 6.07) is 14.9. The summed E-state index contributed by atoms with van der Waals surface area (Å²) in [4.78, 5) is 10.9. The molecule has 4 nitrogen and oxygen atoms in total. The molecule has 0 saturated carbocycles. The van der Waals surface area contributed by atoms with Gasteiger partial charge in [0.2, 0.25) is 0 Å². The number of nitrogens with one attached hydrogen (secondary N) is 1. The number of hydrogen-bond donors (Lipinski definition) is 2. The topological polar surface area (TPSA) is 58.6 Å². The van der Waals surface area contributed by atoms with Crippen LogP contribution in [0.5, 0.6) is 0 Å². The van der Waals surface area contributed by atoms with Gasteiger partial charge < -0.3 is 15.2 Å². The number of methoxy groups -OCH3 is 1. The van der Waals surface area contributed by atoms with Crippen molar-refractivity contribution in [3.63, 3.8) is 0 Å². The van der Waals surface area contributed by atoms with Gasteiger partial charge in [-0.05, 0) is 29.3 Å². The third-order valence-corrected chi connectivity index (χ3v) is 2.94. The van der Waals surface area contributed by atoms with Gasteiger partial charge >= 0.3 is 5.97 Å². The number of hydrogen-bond acceptors (Lipinski definition) is 3. The van der Waals surface area contributed by atoms with Crippen LogP contribution >= 0.6 is 0 Å². The Morgan fingerprint density at radius 3 is 2.50 bits per heavy atom. The summed E-state index contributed by atoms with van der Waals surface area (Å²) >= 11 is 0. The van der Waals surface area contributed by atoms with E-state index in [4.69, 9.17) is 9.84 Å². The van der Waals surface area contributed by atoms with Crippen LogP contribution in [0.3, 0.4) is 0 Å². The van der Waals surface area contributed by atoms with Gasteiger partial charge in [-0.1, -0.05) is 30.3 Å². The SMILES string of the molecule is COCc1ccc(CNc2cccc(C(=O)O)c2)cc1. The molecule has 0 aliphatic heterocycles. The van der Waals surface area contributed by atoms with Gasteiger partial charge in [0.15, 0.2) is 0 Å². The summed E-state index contributed by atoms with van der Waals surface area (Å²) in [5, 5.41) is 12.1. The molecule has 0 aliphatic rings. The Morgan fingerprint density at radius 2 is 1.85 bits per heavy atom. The third-order valence-electron chi connectivity index (χ3n) is 2.94. The van der Waals surface area contributed by atoms with Gasteiger partial charge in [0.25, 0.3) is 0 Å². The molecule has 2 aromatic carbocycles. The number of benzene rings is 2. The summed E-state index contributed by atoms with van der Waals surface area (Å²) in [7, 11) is 1.67. The minimum Gasteiger partial charge on any atom is -0.478 e. The molecule has 2 aromatic rings. The van der Waals surface area contributed by atoms with Crippen LogP contribution in [-0.2, 0) is 17.9 Å². The van der Waals surface area contributed by atoms with E-state index in [-0.39, 0.29) is 5.56 Å². The average Bonchev–Trinajstić information content (AvgIpc) is 2.47. The molecule has 2 N–H and O–H groups in total. The van der Waals surface area contributed by atoms with Crippen LogP contribution < -0.4 is 5.32 Å². The first-order valence-electron chi connectivity index (χ1n) is 6.33. The van der Waals surface area contributed by atoms with Gasteiger partial charge in [0.1, 0.15) is 0 Å². The van der Waals surface area contributed by atoms with Gasteiger partial charge in [0.05, 0.1) is 12.2 Å². The Labute approximate surface area is 118 Å². The molecule has 0 heterocycles. The van der Waals surface area contributed by atoms with Crippen LogP contribution in [0.4, 0.5) is 5.69 Å². The maximum atomic E-state index is 10.9. The summed E-state index contributed by atoms with van der Waals surface area (Å²) in [6.07, 6.45) is 0. The fourth-order valence-corrected chi connectivity index (χ4v) is 1.89. The second-order valence-corrected chi connectivity index (χ2v) is 4.49. The number of carboxylic acid groups (broad SMARTS) is 1. The lowest BCUT2D eigenvalue weighted by molar-refractivity contribution is 0.0697. The summed E-state index contributed by atoms with van der Waals surface area (Å²) in [6.45, 7) is 1.25. The lowest BCUT2D eigenvalue weighted by Gasteiger charge is -2.08. The maximum Gasteiger partial charge on any atom is 0.335 e. The van der Waals surface area contributed by atoms with E-state index in [2.05, 4.69) is 5.32 Å². The predicted molar refractivity (Wildman–Crippen MR) is 77.9 cm³/mol. The zero-order valence-corrected chi connectivity index (χ0v) is 11.3. The van der Waals surface area contributed by atoms with Crippen LogP contribution in [-0.4, -0.2) is 18.2 Å². The lowest BCUT2D eigenvalue weighted by atomic mass is 10.1. The van der Waals surface area contributed by atoms with Crippen molar-refractivity contribution in [3.05, 3.63) is 65.2 Å². The molecule has 0 amide bonds. The van der Waals surface area contributed by atoms with Gasteiger partial charge in [-0.15, -0.1) is 0 Å². The third kappa shape index (κ3) is 3.83. The van der Waals surface area contributed by atoms with E-state index in [1.165, 1.54) is 0 Å². The molecule has 0 radical (unpaired) electrons. The second kappa shape index (κ2) is 6.73. The number of ether oxygens (including phenoxy) is 1. The molecule has 0 aliphatic carbocycles. The second-order valence-electron chi connectivity index (χ2n) is 4.49. The minimum absolute atomic E-state index is 0.283. The van der Waals surface area contributed by atoms with Crippen LogP contribution in [0.15, 0.2) is 48.5 Å². The molecule has 104 valence electrons. The van der Waals surface area contributed by atoms with Crippen molar-refractivity contribution in [2.75, 3.05) is 12.4 Å². The van der Waals surface area contributed by atoms with Gasteiger partial charge in [-0.25, -0.2) is 4.79 Å². The minimum atomic E-state index is -0.919. The number of carboxylic acids is 1. The number of carbonyl (C=O) groups is 1. The smallest absolute Gasteiger partial charge is 0.335 e. The van der Waals surface area contributed by atoms with Crippen molar-refractivity contribution in [2.45, 2.75) is 13.2 Å². The normalized spacial score (nSPS) is 10.2. The van der Waals surface area contributed by atoms with Crippen LogP contribution in [0.25, 0.3) is 0 Å². The largest absolute Gasteiger partial charge is 0.478 e. The molecule has 0 aromatic heterocycles. The van der Waals surface area contributed by atoms with Crippen molar-refractivity contribution in [3.8, 4) is 0 Å². The zero-order valence-electron chi connectivity index (χ0n) is 11.3. The highest BCUT2D eigenvalue weighted by Gasteiger charge is 2.02. The average molecular weight is 271 g/mol. The first kappa shape index (κ1) is 14.1. The fraction of sp³-hybridized carbons (Fsp3) is 0.188. The van der Waals surface area contributed by atoms with E-state index in [1.54, 1.807) is 25.3 Å². The van der Waals surface area contributed by atoms with E-state index in [0.29, 0.717) is 13.2 Å². The monoisotopic (exact) mass is 271 g/mol. The Bertz CT molecular complexity index is 579. The van der Waals surface area contributed by atoms with Gasteiger partial charge in [-0.3, -0.25) is 0 Å². The molecule has 0 atom stereocenters. The van der Waals surface area contributed by atoms with Crippen molar-refractivity contribution in [2.24, 2.45) is 0 Å². The Kier molecular flexibility index (Phi) is 4.74. The van der Waals surface area contributed by atoms with Gasteiger partial charge in [0, 0.05) is 19.3 Å². The Hall–Kier alpha value is -2.33. The molecule has 0 bridgehead atoms. The first-order chi connectivity index (χ1) is 9.69. The summed E-state index contributed by atoms with van der Waals surface area (Å²) < 4.78 is 5.06. The maximum absolute atomic E-state index is 10.9. The van der Waals surface area contributed by atoms with Crippen LogP contribution in [0, 0.1) is 0 Å². The van der Waals surface area contributed by atoms with Crippen molar-refractivity contribution in [1.29, 1.82) is 0 Å². The first-order valence-corrected chi connectivity index (χ1v) is 6.33. The predicted octanol–water partition coefficient (Wildman–Crippen LogP) is 3.14. The fourth-order valence-electron chi connectivity index (χ4n) is 1.89. The standard InChI is InChI=1S/C16H17NO3/c1-20-11-13-7-5-12(6-8-13)10-17-15-4-2-3-14(9-15)16(18)19/h2-9,17H,10-11H2,1H3,(H,18,19). The Morgan fingerprint density at radius 1 is 1.15 bits per heavy atom. The summed E-state index contributed by atoms with van der Waals surface area (Å²) in [5.41, 5.74) is 3.34. The van der Waals surface area contributed by atoms with E-state index in [1.807, 2.05) is 30.3 Å². The molecule has 2 rings (SSSR count). The molecule has 0 fully saturated rings. The van der Waals surface area contributed by atoms with E-state index >= 15 is 0 Å². The van der Waals surface area contributed by atoms with E-state index in [9.17, 15) is 4.79 Å². The molecule has 4 heteroatoms. The highest BCUT2D eigenvalue weighted by molar-refractivity contribution is 5.88.